The highest BCUT2D eigenvalue weighted by Crippen LogP contribution is 2.37. The van der Waals surface area contributed by atoms with Gasteiger partial charge in [-0.15, -0.1) is 11.3 Å². The molecule has 152 valence electrons. The Morgan fingerprint density at radius 1 is 1.36 bits per heavy atom. The van der Waals surface area contributed by atoms with Gasteiger partial charge in [0.15, 0.2) is 5.01 Å². The minimum atomic E-state index is -4.50. The number of aromatic nitrogens is 2. The monoisotopic (exact) mass is 438 g/mol. The summed E-state index contributed by atoms with van der Waals surface area (Å²) in [6.07, 6.45) is -6.36. The van der Waals surface area contributed by atoms with E-state index in [1.54, 1.807) is 18.7 Å². The molecule has 1 aliphatic heterocycles. The number of carbonyl (C=O) groups excluding carboxylic acids is 1. The summed E-state index contributed by atoms with van der Waals surface area (Å²) in [7, 11) is 0. The Morgan fingerprint density at radius 3 is 2.64 bits per heavy atom. The molecule has 0 unspecified atom stereocenters. The predicted octanol–water partition coefficient (Wildman–Crippen LogP) is 4.27. The number of halogens is 5. The zero-order valence-corrected chi connectivity index (χ0v) is 16.1. The largest absolute Gasteiger partial charge is 0.405 e. The van der Waals surface area contributed by atoms with E-state index in [9.17, 15) is 26.7 Å². The molecule has 5 nitrogen and oxygen atoms in total. The third-order valence-corrected chi connectivity index (χ3v) is 6.32. The van der Waals surface area contributed by atoms with E-state index in [4.69, 9.17) is 0 Å². The van der Waals surface area contributed by atoms with Crippen LogP contribution in [0, 0.1) is 6.92 Å². The van der Waals surface area contributed by atoms with Crippen LogP contribution in [0.1, 0.15) is 27.5 Å². The maximum Gasteiger partial charge on any atom is 0.405 e. The van der Waals surface area contributed by atoms with Crippen LogP contribution in [0.2, 0.25) is 0 Å². The molecule has 1 aliphatic rings. The molecule has 0 radical (unpaired) electrons. The van der Waals surface area contributed by atoms with Crippen molar-refractivity contribution in [2.45, 2.75) is 25.6 Å². The summed E-state index contributed by atoms with van der Waals surface area (Å²) in [5.74, 6) is 0.947. The molecule has 0 bridgehead atoms. The first kappa shape index (κ1) is 20.8. The third kappa shape index (κ3) is 4.90. The number of hydrogen-bond donors (Lipinski definition) is 2. The lowest BCUT2D eigenvalue weighted by Gasteiger charge is -2.25. The first-order chi connectivity index (χ1) is 13.1. The van der Waals surface area contributed by atoms with Gasteiger partial charge in [0.2, 0.25) is 0 Å². The number of pyridine rings is 1. The number of anilines is 1. The van der Waals surface area contributed by atoms with Gasteiger partial charge in [-0.05, 0) is 13.0 Å². The van der Waals surface area contributed by atoms with E-state index in [0.29, 0.717) is 10.6 Å². The smallest absolute Gasteiger partial charge is 0.361 e. The molecule has 12 heteroatoms. The van der Waals surface area contributed by atoms with Crippen molar-refractivity contribution in [2.24, 2.45) is 0 Å². The fourth-order valence-electron chi connectivity index (χ4n) is 2.44. The SMILES string of the molecule is Cc1nc(C(=O)NC2CSC2)sc1-c1cnc(NCC(F)(F)F)cc1C(F)F. The van der Waals surface area contributed by atoms with Crippen LogP contribution in [-0.4, -0.2) is 46.1 Å². The number of nitrogens with zero attached hydrogens (tertiary/aromatic N) is 2. The summed E-state index contributed by atoms with van der Waals surface area (Å²) in [6.45, 7) is 0.193. The lowest BCUT2D eigenvalue weighted by molar-refractivity contribution is -0.115. The second kappa shape index (κ2) is 8.19. The van der Waals surface area contributed by atoms with Crippen molar-refractivity contribution in [3.05, 3.63) is 28.5 Å². The van der Waals surface area contributed by atoms with E-state index in [1.165, 1.54) is 0 Å². The molecule has 28 heavy (non-hydrogen) atoms. The molecule has 2 aromatic heterocycles. The zero-order valence-electron chi connectivity index (χ0n) is 14.4. The highest BCUT2D eigenvalue weighted by Gasteiger charge is 2.28. The van der Waals surface area contributed by atoms with E-state index >= 15 is 0 Å². The van der Waals surface area contributed by atoms with Gasteiger partial charge in [-0.25, -0.2) is 18.7 Å². The molecule has 1 amide bonds. The second-order valence-electron chi connectivity index (χ2n) is 6.07. The van der Waals surface area contributed by atoms with Crippen LogP contribution in [0.15, 0.2) is 12.3 Å². The Labute approximate surface area is 165 Å². The third-order valence-electron chi connectivity index (χ3n) is 3.85. The van der Waals surface area contributed by atoms with Gasteiger partial charge in [-0.1, -0.05) is 0 Å². The number of carbonyl (C=O) groups is 1. The molecule has 1 fully saturated rings. The van der Waals surface area contributed by atoms with Crippen LogP contribution in [0.25, 0.3) is 10.4 Å². The second-order valence-corrected chi connectivity index (χ2v) is 8.14. The number of alkyl halides is 5. The quantitative estimate of drug-likeness (QED) is 0.660. The van der Waals surface area contributed by atoms with E-state index in [0.717, 1.165) is 35.1 Å². The lowest BCUT2D eigenvalue weighted by Crippen LogP contribution is -2.43. The van der Waals surface area contributed by atoms with Gasteiger partial charge in [0.05, 0.1) is 10.6 Å². The Kier molecular flexibility index (Phi) is 6.08. The molecule has 1 saturated heterocycles. The van der Waals surface area contributed by atoms with Crippen LogP contribution in [0.4, 0.5) is 27.8 Å². The Bertz CT molecular complexity index is 867. The van der Waals surface area contributed by atoms with E-state index in [1.807, 2.05) is 5.32 Å². The molecular weight excluding hydrogens is 423 g/mol. The minimum absolute atomic E-state index is 0.0424. The average molecular weight is 438 g/mol. The van der Waals surface area contributed by atoms with Gasteiger partial charge in [0.1, 0.15) is 12.4 Å². The maximum atomic E-state index is 13.5. The first-order valence-electron chi connectivity index (χ1n) is 8.09. The molecule has 2 aromatic rings. The molecule has 0 spiro atoms. The summed E-state index contributed by atoms with van der Waals surface area (Å²) in [6, 6.07) is 0.957. The summed E-state index contributed by atoms with van der Waals surface area (Å²) >= 11 is 2.65. The van der Waals surface area contributed by atoms with Gasteiger partial charge in [-0.2, -0.15) is 24.9 Å². The van der Waals surface area contributed by atoms with Crippen molar-refractivity contribution < 1.29 is 26.7 Å². The Morgan fingerprint density at radius 2 is 2.07 bits per heavy atom. The van der Waals surface area contributed by atoms with Crippen molar-refractivity contribution in [2.75, 3.05) is 23.4 Å². The molecule has 0 aliphatic carbocycles. The number of amides is 1. The van der Waals surface area contributed by atoms with Crippen molar-refractivity contribution in [3.63, 3.8) is 0 Å². The molecule has 3 rings (SSSR count). The van der Waals surface area contributed by atoms with Gasteiger partial charge >= 0.3 is 6.18 Å². The zero-order chi connectivity index (χ0) is 20.5. The molecular formula is C16H15F5N4OS2. The Balaban J connectivity index is 1.86. The van der Waals surface area contributed by atoms with E-state index < -0.39 is 24.7 Å². The number of aryl methyl sites for hydroxylation is 1. The van der Waals surface area contributed by atoms with Crippen LogP contribution >= 0.6 is 23.1 Å². The first-order valence-corrected chi connectivity index (χ1v) is 10.1. The number of rotatable bonds is 6. The van der Waals surface area contributed by atoms with Gasteiger partial charge < -0.3 is 10.6 Å². The standard InChI is InChI=1S/C16H15F5N4OS2/c1-7-12(28-15(24-7)14(26)25-8-4-27-5-8)10-3-22-11(2-9(10)13(17)18)23-6-16(19,20)21/h2-3,8,13H,4-6H2,1H3,(H,22,23)(H,25,26). The van der Waals surface area contributed by atoms with Crippen LogP contribution < -0.4 is 10.6 Å². The van der Waals surface area contributed by atoms with Crippen molar-refractivity contribution in [1.29, 1.82) is 0 Å². The highest BCUT2D eigenvalue weighted by atomic mass is 32.2. The molecule has 2 N–H and O–H groups in total. The topological polar surface area (TPSA) is 66.9 Å². The van der Waals surface area contributed by atoms with Crippen molar-refractivity contribution >= 4 is 34.8 Å². The molecule has 0 aromatic carbocycles. The van der Waals surface area contributed by atoms with Gasteiger partial charge in [0, 0.05) is 34.9 Å². The number of nitrogens with one attached hydrogen (secondary N) is 2. The molecule has 0 atom stereocenters. The number of thioether (sulfide) groups is 1. The lowest BCUT2D eigenvalue weighted by atomic mass is 10.1. The Hall–Kier alpha value is -1.95. The highest BCUT2D eigenvalue weighted by molar-refractivity contribution is 8.00. The van der Waals surface area contributed by atoms with Crippen LogP contribution in [0.3, 0.4) is 0 Å². The van der Waals surface area contributed by atoms with Crippen molar-refractivity contribution in [1.82, 2.24) is 15.3 Å². The normalized spacial score (nSPS) is 14.8. The van der Waals surface area contributed by atoms with Gasteiger partial charge in [-0.3, -0.25) is 4.79 Å². The predicted molar refractivity (Wildman–Crippen MR) is 98.2 cm³/mol. The molecule has 3 heterocycles. The fourth-order valence-corrected chi connectivity index (χ4v) is 4.08. The summed E-state index contributed by atoms with van der Waals surface area (Å²) in [5, 5.41) is 4.94. The van der Waals surface area contributed by atoms with Crippen LogP contribution in [-0.2, 0) is 0 Å². The summed E-state index contributed by atoms with van der Waals surface area (Å²) < 4.78 is 64.0. The summed E-state index contributed by atoms with van der Waals surface area (Å²) in [4.78, 5) is 20.5. The maximum absolute atomic E-state index is 13.5. The van der Waals surface area contributed by atoms with E-state index in [2.05, 4.69) is 15.3 Å². The van der Waals surface area contributed by atoms with Crippen LogP contribution in [0.5, 0.6) is 0 Å². The average Bonchev–Trinajstić information content (AvgIpc) is 2.97. The van der Waals surface area contributed by atoms with Crippen molar-refractivity contribution in [3.8, 4) is 10.4 Å². The van der Waals surface area contributed by atoms with E-state index in [-0.39, 0.29) is 28.3 Å². The number of hydrogen-bond acceptors (Lipinski definition) is 6. The fraction of sp³-hybridized carbons (Fsp3) is 0.438. The minimum Gasteiger partial charge on any atom is -0.361 e. The number of thiazole rings is 1. The summed E-state index contributed by atoms with van der Waals surface area (Å²) in [5.41, 5.74) is -0.0626. The molecule has 0 saturated carbocycles. The van der Waals surface area contributed by atoms with Gasteiger partial charge in [0.25, 0.3) is 12.3 Å².